The first-order valence-corrected chi connectivity index (χ1v) is 8.68. The van der Waals surface area contributed by atoms with Gasteiger partial charge < -0.3 is 25.1 Å². The maximum absolute atomic E-state index is 11.9. The molecular formula is C19H26N4O3. The number of rotatable bonds is 9. The van der Waals surface area contributed by atoms with Crippen LogP contribution in [0.5, 0.6) is 0 Å². The van der Waals surface area contributed by atoms with Gasteiger partial charge in [0.05, 0.1) is 12.8 Å². The van der Waals surface area contributed by atoms with Crippen LogP contribution >= 0.6 is 0 Å². The number of nitrogens with one attached hydrogen (secondary N) is 3. The van der Waals surface area contributed by atoms with Crippen molar-refractivity contribution in [1.82, 2.24) is 10.6 Å². The van der Waals surface area contributed by atoms with Crippen LogP contribution in [-0.2, 0) is 11.3 Å². The molecule has 7 heteroatoms. The number of ether oxygens (including phenoxy) is 1. The molecule has 7 nitrogen and oxygen atoms in total. The smallest absolute Gasteiger partial charge is 0.291 e. The second-order valence-electron chi connectivity index (χ2n) is 5.60. The lowest BCUT2D eigenvalue weighted by Crippen LogP contribution is -2.38. The van der Waals surface area contributed by atoms with Gasteiger partial charge in [0.25, 0.3) is 5.91 Å². The predicted molar refractivity (Wildman–Crippen MR) is 102 cm³/mol. The average Bonchev–Trinajstić information content (AvgIpc) is 3.19. The first-order valence-electron chi connectivity index (χ1n) is 8.68. The molecule has 1 heterocycles. The Morgan fingerprint density at radius 3 is 2.65 bits per heavy atom. The van der Waals surface area contributed by atoms with Crippen LogP contribution in [0.15, 0.2) is 52.1 Å². The van der Waals surface area contributed by atoms with Crippen molar-refractivity contribution in [3.05, 3.63) is 54.0 Å². The molecule has 2 aromatic rings. The standard InChI is InChI=1S/C19H26N4O3/c1-3-20-19(21-11-5-12-25-2)22-14-15-7-9-16(10-8-15)23-18(24)17-6-4-13-26-17/h4,6-10,13H,3,5,11-12,14H2,1-2H3,(H,23,24)(H2,20,21,22). The minimum atomic E-state index is -0.268. The van der Waals surface area contributed by atoms with Gasteiger partial charge in [-0.3, -0.25) is 4.79 Å². The number of aliphatic imine (C=N–C) groups is 1. The van der Waals surface area contributed by atoms with E-state index in [-0.39, 0.29) is 11.7 Å². The van der Waals surface area contributed by atoms with E-state index in [1.54, 1.807) is 19.2 Å². The molecule has 2 rings (SSSR count). The fourth-order valence-corrected chi connectivity index (χ4v) is 2.23. The number of anilines is 1. The average molecular weight is 358 g/mol. The molecule has 3 N–H and O–H groups in total. The Morgan fingerprint density at radius 1 is 1.19 bits per heavy atom. The summed E-state index contributed by atoms with van der Waals surface area (Å²) in [6.07, 6.45) is 2.40. The number of guanidine groups is 1. The molecule has 0 bridgehead atoms. The van der Waals surface area contributed by atoms with Crippen LogP contribution in [0.25, 0.3) is 0 Å². The van der Waals surface area contributed by atoms with Crippen molar-refractivity contribution in [2.75, 3.05) is 32.1 Å². The molecule has 0 atom stereocenters. The summed E-state index contributed by atoms with van der Waals surface area (Å²) in [7, 11) is 1.69. The van der Waals surface area contributed by atoms with Crippen molar-refractivity contribution >= 4 is 17.6 Å². The Hall–Kier alpha value is -2.80. The SMILES string of the molecule is CCNC(=NCc1ccc(NC(=O)c2ccco2)cc1)NCCCOC. The molecule has 26 heavy (non-hydrogen) atoms. The molecular weight excluding hydrogens is 332 g/mol. The van der Waals surface area contributed by atoms with Gasteiger partial charge in [-0.1, -0.05) is 12.1 Å². The number of hydrogen-bond donors (Lipinski definition) is 3. The van der Waals surface area contributed by atoms with Crippen molar-refractivity contribution in [3.63, 3.8) is 0 Å². The first-order chi connectivity index (χ1) is 12.7. The van der Waals surface area contributed by atoms with Crippen LogP contribution < -0.4 is 16.0 Å². The van der Waals surface area contributed by atoms with E-state index < -0.39 is 0 Å². The lowest BCUT2D eigenvalue weighted by Gasteiger charge is -2.11. The van der Waals surface area contributed by atoms with E-state index in [4.69, 9.17) is 9.15 Å². The lowest BCUT2D eigenvalue weighted by molar-refractivity contribution is 0.0996. The number of hydrogen-bond acceptors (Lipinski definition) is 4. The van der Waals surface area contributed by atoms with Gasteiger partial charge in [-0.2, -0.15) is 0 Å². The van der Waals surface area contributed by atoms with Crippen LogP contribution in [0.1, 0.15) is 29.5 Å². The summed E-state index contributed by atoms with van der Waals surface area (Å²) in [5, 5.41) is 9.28. The number of amides is 1. The summed E-state index contributed by atoms with van der Waals surface area (Å²) >= 11 is 0. The molecule has 0 saturated heterocycles. The highest BCUT2D eigenvalue weighted by molar-refractivity contribution is 6.02. The molecule has 0 aliphatic rings. The van der Waals surface area contributed by atoms with Crippen molar-refractivity contribution in [3.8, 4) is 0 Å². The monoisotopic (exact) mass is 358 g/mol. The van der Waals surface area contributed by atoms with E-state index in [9.17, 15) is 4.79 Å². The van der Waals surface area contributed by atoms with Gasteiger partial charge in [0.1, 0.15) is 0 Å². The number of methoxy groups -OCH3 is 1. The zero-order valence-electron chi connectivity index (χ0n) is 15.2. The number of benzene rings is 1. The normalized spacial score (nSPS) is 11.2. The summed E-state index contributed by atoms with van der Waals surface area (Å²) in [6.45, 7) is 4.90. The number of carbonyl (C=O) groups is 1. The maximum atomic E-state index is 11.9. The van der Waals surface area contributed by atoms with E-state index in [0.29, 0.717) is 12.2 Å². The topological polar surface area (TPSA) is 87.9 Å². The van der Waals surface area contributed by atoms with Gasteiger partial charge in [0.2, 0.25) is 0 Å². The predicted octanol–water partition coefficient (Wildman–Crippen LogP) is 2.62. The van der Waals surface area contributed by atoms with Crippen LogP contribution in [0.4, 0.5) is 5.69 Å². The quantitative estimate of drug-likeness (QED) is 0.364. The zero-order valence-corrected chi connectivity index (χ0v) is 15.2. The van der Waals surface area contributed by atoms with E-state index in [1.165, 1.54) is 6.26 Å². The van der Waals surface area contributed by atoms with Gasteiger partial charge in [0.15, 0.2) is 11.7 Å². The third-order valence-corrected chi connectivity index (χ3v) is 3.54. The number of carbonyl (C=O) groups excluding carboxylic acids is 1. The zero-order chi connectivity index (χ0) is 18.6. The van der Waals surface area contributed by atoms with E-state index in [2.05, 4.69) is 20.9 Å². The van der Waals surface area contributed by atoms with Crippen LogP contribution in [0, 0.1) is 0 Å². The van der Waals surface area contributed by atoms with Crippen LogP contribution in [0.3, 0.4) is 0 Å². The van der Waals surface area contributed by atoms with Crippen molar-refractivity contribution in [1.29, 1.82) is 0 Å². The van der Waals surface area contributed by atoms with Crippen LogP contribution in [-0.4, -0.2) is 38.7 Å². The Morgan fingerprint density at radius 2 is 2.00 bits per heavy atom. The maximum Gasteiger partial charge on any atom is 0.291 e. The van der Waals surface area contributed by atoms with E-state index in [1.807, 2.05) is 31.2 Å². The number of furan rings is 1. The fraction of sp³-hybridized carbons (Fsp3) is 0.368. The van der Waals surface area contributed by atoms with Crippen molar-refractivity contribution in [2.24, 2.45) is 4.99 Å². The highest BCUT2D eigenvalue weighted by Gasteiger charge is 2.08. The first kappa shape index (κ1) is 19.5. The Bertz CT molecular complexity index is 681. The van der Waals surface area contributed by atoms with Crippen molar-refractivity contribution in [2.45, 2.75) is 19.9 Å². The minimum absolute atomic E-state index is 0.268. The second-order valence-corrected chi connectivity index (χ2v) is 5.60. The molecule has 0 aliphatic heterocycles. The summed E-state index contributed by atoms with van der Waals surface area (Å²) in [4.78, 5) is 16.5. The molecule has 1 aromatic heterocycles. The third-order valence-electron chi connectivity index (χ3n) is 3.54. The minimum Gasteiger partial charge on any atom is -0.459 e. The Kier molecular flexibility index (Phi) is 8.21. The molecule has 1 amide bonds. The molecule has 0 fully saturated rings. The molecule has 0 saturated carbocycles. The van der Waals surface area contributed by atoms with Crippen LogP contribution in [0.2, 0.25) is 0 Å². The molecule has 140 valence electrons. The fourth-order valence-electron chi connectivity index (χ4n) is 2.23. The highest BCUT2D eigenvalue weighted by atomic mass is 16.5. The van der Waals surface area contributed by atoms with Gasteiger partial charge in [-0.05, 0) is 43.2 Å². The number of nitrogens with zero attached hydrogens (tertiary/aromatic N) is 1. The Labute approximate surface area is 153 Å². The second kappa shape index (κ2) is 10.9. The van der Waals surface area contributed by atoms with E-state index >= 15 is 0 Å². The molecule has 0 spiro atoms. The molecule has 0 aliphatic carbocycles. The summed E-state index contributed by atoms with van der Waals surface area (Å²) < 4.78 is 10.1. The largest absolute Gasteiger partial charge is 0.459 e. The van der Waals surface area contributed by atoms with Gasteiger partial charge in [-0.15, -0.1) is 0 Å². The molecule has 1 aromatic carbocycles. The summed E-state index contributed by atoms with van der Waals surface area (Å²) in [6, 6.07) is 10.9. The van der Waals surface area contributed by atoms with E-state index in [0.717, 1.165) is 37.6 Å². The van der Waals surface area contributed by atoms with Gasteiger partial charge in [0, 0.05) is 32.5 Å². The molecule has 0 radical (unpaired) electrons. The van der Waals surface area contributed by atoms with Crippen molar-refractivity contribution < 1.29 is 13.9 Å². The lowest BCUT2D eigenvalue weighted by atomic mass is 10.2. The third kappa shape index (κ3) is 6.60. The highest BCUT2D eigenvalue weighted by Crippen LogP contribution is 2.12. The summed E-state index contributed by atoms with van der Waals surface area (Å²) in [5.74, 6) is 0.794. The Balaban J connectivity index is 1.87. The van der Waals surface area contributed by atoms with Gasteiger partial charge in [-0.25, -0.2) is 4.99 Å². The van der Waals surface area contributed by atoms with Gasteiger partial charge >= 0.3 is 0 Å². The summed E-state index contributed by atoms with van der Waals surface area (Å²) in [5.41, 5.74) is 1.76. The molecule has 0 unspecified atom stereocenters.